The van der Waals surface area contributed by atoms with Crippen LogP contribution in [0.2, 0.25) is 0 Å². The van der Waals surface area contributed by atoms with E-state index in [-0.39, 0.29) is 5.56 Å². The molecule has 4 nitrogen and oxygen atoms in total. The lowest BCUT2D eigenvalue weighted by Crippen LogP contribution is -1.98. The highest BCUT2D eigenvalue weighted by atomic mass is 79.9. The van der Waals surface area contributed by atoms with Gasteiger partial charge in [-0.3, -0.25) is 0 Å². The van der Waals surface area contributed by atoms with Crippen molar-refractivity contribution in [1.29, 1.82) is 0 Å². The summed E-state index contributed by atoms with van der Waals surface area (Å²) in [7, 11) is 0. The van der Waals surface area contributed by atoms with Crippen molar-refractivity contribution in [2.24, 2.45) is 0 Å². The van der Waals surface area contributed by atoms with Gasteiger partial charge >= 0.3 is 5.97 Å². The number of carboxylic acid groups (broad SMARTS) is 1. The Labute approximate surface area is 94.3 Å². The minimum Gasteiger partial charge on any atom is -0.478 e. The summed E-state index contributed by atoms with van der Waals surface area (Å²) in [6.45, 7) is 0. The molecule has 1 heterocycles. The summed E-state index contributed by atoms with van der Waals surface area (Å²) in [5.74, 6) is -0.928. The quantitative estimate of drug-likeness (QED) is 0.908. The van der Waals surface area contributed by atoms with Crippen molar-refractivity contribution in [1.82, 2.24) is 9.78 Å². The van der Waals surface area contributed by atoms with E-state index in [9.17, 15) is 4.79 Å². The van der Waals surface area contributed by atoms with E-state index in [1.54, 1.807) is 41.3 Å². The van der Waals surface area contributed by atoms with Crippen molar-refractivity contribution in [3.8, 4) is 5.69 Å². The second-order valence-corrected chi connectivity index (χ2v) is 3.87. The molecule has 0 amide bonds. The molecular weight excluding hydrogens is 260 g/mol. The standard InChI is InChI=1S/C10H7BrN2O2/c11-8-5-12-13(6-8)9-3-1-7(2-4-9)10(14)15/h1-6H,(H,14,15). The fraction of sp³-hybridized carbons (Fsp3) is 0. The maximum Gasteiger partial charge on any atom is 0.335 e. The van der Waals surface area contributed by atoms with E-state index in [1.807, 2.05) is 0 Å². The van der Waals surface area contributed by atoms with E-state index in [1.165, 1.54) is 0 Å². The Hall–Kier alpha value is -1.62. The normalized spacial score (nSPS) is 10.2. The lowest BCUT2D eigenvalue weighted by Gasteiger charge is -2.00. The topological polar surface area (TPSA) is 55.1 Å². The van der Waals surface area contributed by atoms with Gasteiger partial charge in [-0.25, -0.2) is 9.48 Å². The van der Waals surface area contributed by atoms with Crippen molar-refractivity contribution in [3.63, 3.8) is 0 Å². The van der Waals surface area contributed by atoms with Crippen LogP contribution in [0.3, 0.4) is 0 Å². The van der Waals surface area contributed by atoms with Gasteiger partial charge in [0.1, 0.15) is 0 Å². The zero-order valence-corrected chi connectivity index (χ0v) is 9.18. The van der Waals surface area contributed by atoms with Crippen molar-refractivity contribution in [2.75, 3.05) is 0 Å². The van der Waals surface area contributed by atoms with Gasteiger partial charge in [0.15, 0.2) is 0 Å². The molecule has 2 rings (SSSR count). The molecule has 15 heavy (non-hydrogen) atoms. The van der Waals surface area contributed by atoms with Crippen molar-refractivity contribution in [2.45, 2.75) is 0 Å². The first-order chi connectivity index (χ1) is 7.16. The first-order valence-corrected chi connectivity index (χ1v) is 5.00. The number of hydrogen-bond donors (Lipinski definition) is 1. The number of nitrogens with zero attached hydrogens (tertiary/aromatic N) is 2. The molecule has 1 aromatic carbocycles. The third-order valence-corrected chi connectivity index (χ3v) is 2.34. The molecule has 0 bridgehead atoms. The lowest BCUT2D eigenvalue weighted by atomic mass is 10.2. The fourth-order valence-corrected chi connectivity index (χ4v) is 1.48. The molecule has 0 radical (unpaired) electrons. The Morgan fingerprint density at radius 1 is 1.33 bits per heavy atom. The van der Waals surface area contributed by atoms with Gasteiger partial charge in [-0.1, -0.05) is 0 Å². The van der Waals surface area contributed by atoms with E-state index in [0.717, 1.165) is 10.2 Å². The van der Waals surface area contributed by atoms with Crippen molar-refractivity contribution in [3.05, 3.63) is 46.7 Å². The molecule has 0 aliphatic heterocycles. The number of halogens is 1. The number of carboxylic acids is 1. The van der Waals surface area contributed by atoms with Crippen molar-refractivity contribution < 1.29 is 9.90 Å². The van der Waals surface area contributed by atoms with Gasteiger partial charge in [-0.05, 0) is 40.2 Å². The van der Waals surface area contributed by atoms with Gasteiger partial charge in [0, 0.05) is 6.20 Å². The minimum atomic E-state index is -0.928. The van der Waals surface area contributed by atoms with Crippen LogP contribution in [0.15, 0.2) is 41.1 Å². The molecule has 0 aliphatic rings. The third kappa shape index (κ3) is 2.07. The largest absolute Gasteiger partial charge is 0.478 e. The van der Waals surface area contributed by atoms with Crippen LogP contribution < -0.4 is 0 Å². The summed E-state index contributed by atoms with van der Waals surface area (Å²) >= 11 is 3.29. The van der Waals surface area contributed by atoms with Crippen LogP contribution in [-0.4, -0.2) is 20.9 Å². The molecule has 0 aliphatic carbocycles. The van der Waals surface area contributed by atoms with Gasteiger partial charge in [0.2, 0.25) is 0 Å². The van der Waals surface area contributed by atoms with Crippen LogP contribution in [0.25, 0.3) is 5.69 Å². The molecule has 76 valence electrons. The Kier molecular flexibility index (Phi) is 2.55. The van der Waals surface area contributed by atoms with Crippen LogP contribution >= 0.6 is 15.9 Å². The van der Waals surface area contributed by atoms with Gasteiger partial charge in [0.25, 0.3) is 0 Å². The average Bonchev–Trinajstić information content (AvgIpc) is 2.65. The van der Waals surface area contributed by atoms with Gasteiger partial charge in [-0.15, -0.1) is 0 Å². The lowest BCUT2D eigenvalue weighted by molar-refractivity contribution is 0.0697. The highest BCUT2D eigenvalue weighted by molar-refractivity contribution is 9.10. The van der Waals surface area contributed by atoms with Crippen LogP contribution in [0.4, 0.5) is 0 Å². The predicted molar refractivity (Wildman–Crippen MR) is 58.2 cm³/mol. The molecule has 1 N–H and O–H groups in total. The fourth-order valence-electron chi connectivity index (χ4n) is 1.20. The first-order valence-electron chi connectivity index (χ1n) is 4.21. The van der Waals surface area contributed by atoms with E-state index in [4.69, 9.17) is 5.11 Å². The molecule has 1 aromatic heterocycles. The number of benzene rings is 1. The number of carbonyl (C=O) groups is 1. The molecule has 0 atom stereocenters. The van der Waals surface area contributed by atoms with E-state index >= 15 is 0 Å². The Bertz CT molecular complexity index is 490. The molecule has 0 spiro atoms. The average molecular weight is 267 g/mol. The summed E-state index contributed by atoms with van der Waals surface area (Å²) in [6.07, 6.45) is 3.47. The summed E-state index contributed by atoms with van der Waals surface area (Å²) in [5.41, 5.74) is 1.09. The highest BCUT2D eigenvalue weighted by Crippen LogP contribution is 2.13. The summed E-state index contributed by atoms with van der Waals surface area (Å²) in [6, 6.07) is 6.52. The smallest absolute Gasteiger partial charge is 0.335 e. The number of aromatic nitrogens is 2. The minimum absolute atomic E-state index is 0.268. The Balaban J connectivity index is 2.35. The van der Waals surface area contributed by atoms with E-state index in [2.05, 4.69) is 21.0 Å². The number of hydrogen-bond acceptors (Lipinski definition) is 2. The maximum atomic E-state index is 10.6. The number of rotatable bonds is 2. The molecule has 0 fully saturated rings. The van der Waals surface area contributed by atoms with Gasteiger partial charge in [-0.2, -0.15) is 5.10 Å². The third-order valence-electron chi connectivity index (χ3n) is 1.93. The summed E-state index contributed by atoms with van der Waals surface area (Å²) in [5, 5.41) is 12.8. The number of aromatic carboxylic acids is 1. The zero-order chi connectivity index (χ0) is 10.8. The molecule has 2 aromatic rings. The second-order valence-electron chi connectivity index (χ2n) is 2.96. The Morgan fingerprint density at radius 2 is 2.00 bits per heavy atom. The zero-order valence-electron chi connectivity index (χ0n) is 7.59. The molecule has 5 heteroatoms. The molecule has 0 unspecified atom stereocenters. The highest BCUT2D eigenvalue weighted by Gasteiger charge is 2.03. The maximum absolute atomic E-state index is 10.6. The molecular formula is C10H7BrN2O2. The molecule has 0 saturated carbocycles. The second kappa shape index (κ2) is 3.86. The van der Waals surface area contributed by atoms with Crippen LogP contribution in [0, 0.1) is 0 Å². The first kappa shape index (κ1) is 9.92. The van der Waals surface area contributed by atoms with Crippen LogP contribution in [0.1, 0.15) is 10.4 Å². The predicted octanol–water partition coefficient (Wildman–Crippen LogP) is 2.33. The van der Waals surface area contributed by atoms with Gasteiger partial charge in [0.05, 0.1) is 21.9 Å². The Morgan fingerprint density at radius 3 is 2.47 bits per heavy atom. The van der Waals surface area contributed by atoms with Gasteiger partial charge < -0.3 is 5.11 Å². The van der Waals surface area contributed by atoms with Crippen LogP contribution in [0.5, 0.6) is 0 Å². The monoisotopic (exact) mass is 266 g/mol. The molecule has 0 saturated heterocycles. The van der Waals surface area contributed by atoms with Crippen molar-refractivity contribution >= 4 is 21.9 Å². The SMILES string of the molecule is O=C(O)c1ccc(-n2cc(Br)cn2)cc1. The van der Waals surface area contributed by atoms with E-state index in [0.29, 0.717) is 0 Å². The summed E-state index contributed by atoms with van der Waals surface area (Å²) in [4.78, 5) is 10.6. The summed E-state index contributed by atoms with van der Waals surface area (Å²) < 4.78 is 2.54. The van der Waals surface area contributed by atoms with E-state index < -0.39 is 5.97 Å². The van der Waals surface area contributed by atoms with Crippen LogP contribution in [-0.2, 0) is 0 Å².